The lowest BCUT2D eigenvalue weighted by Crippen LogP contribution is -2.09. The molecule has 1 heteroatoms. The van der Waals surface area contributed by atoms with E-state index in [9.17, 15) is 0 Å². The largest absolute Gasteiger partial charge is 0.398 e. The molecule has 1 saturated carbocycles. The van der Waals surface area contributed by atoms with Crippen LogP contribution in [0.1, 0.15) is 43.2 Å². The van der Waals surface area contributed by atoms with E-state index in [4.69, 9.17) is 5.73 Å². The fourth-order valence-electron chi connectivity index (χ4n) is 2.65. The molecule has 2 N–H and O–H groups in total. The lowest BCUT2D eigenvalue weighted by Gasteiger charge is -2.24. The van der Waals surface area contributed by atoms with Crippen molar-refractivity contribution in [2.45, 2.75) is 39.0 Å². The van der Waals surface area contributed by atoms with Gasteiger partial charge in [0.25, 0.3) is 0 Å². The van der Waals surface area contributed by atoms with Crippen LogP contribution >= 0.6 is 0 Å². The Kier molecular flexibility index (Phi) is 3.33. The molecule has 2 rings (SSSR count). The zero-order valence-electron chi connectivity index (χ0n) is 10.1. The van der Waals surface area contributed by atoms with Crippen molar-refractivity contribution in [1.82, 2.24) is 0 Å². The second-order valence-corrected chi connectivity index (χ2v) is 4.95. The Balaban J connectivity index is 2.19. The molecule has 0 amide bonds. The predicted molar refractivity (Wildman–Crippen MR) is 71.2 cm³/mol. The monoisotopic (exact) mass is 215 g/mol. The van der Waals surface area contributed by atoms with Crippen LogP contribution in [0.2, 0.25) is 0 Å². The van der Waals surface area contributed by atoms with Gasteiger partial charge in [-0.3, -0.25) is 0 Å². The fraction of sp³-hybridized carbons (Fsp3) is 0.467. The van der Waals surface area contributed by atoms with Crippen molar-refractivity contribution in [3.63, 3.8) is 0 Å². The Hall–Kier alpha value is -1.24. The normalized spacial score (nSPS) is 17.3. The molecule has 1 aromatic carbocycles. The van der Waals surface area contributed by atoms with E-state index in [0.29, 0.717) is 5.92 Å². The highest BCUT2D eigenvalue weighted by atomic mass is 14.6. The second-order valence-electron chi connectivity index (χ2n) is 4.95. The fourth-order valence-corrected chi connectivity index (χ4v) is 2.65. The van der Waals surface area contributed by atoms with Crippen molar-refractivity contribution >= 4 is 11.3 Å². The molecule has 0 aliphatic heterocycles. The van der Waals surface area contributed by atoms with Gasteiger partial charge in [-0.1, -0.05) is 38.0 Å². The van der Waals surface area contributed by atoms with Gasteiger partial charge in [-0.15, -0.1) is 0 Å². The van der Waals surface area contributed by atoms with Gasteiger partial charge in [-0.05, 0) is 42.9 Å². The number of allylic oxidation sites excluding steroid dienone is 1. The Bertz CT molecular complexity index is 386. The van der Waals surface area contributed by atoms with Crippen molar-refractivity contribution in [3.8, 4) is 0 Å². The summed E-state index contributed by atoms with van der Waals surface area (Å²) in [5.74, 6) is 0.652. The van der Waals surface area contributed by atoms with Crippen LogP contribution in [0.15, 0.2) is 24.8 Å². The molecule has 0 atom stereocenters. The zero-order valence-corrected chi connectivity index (χ0v) is 10.1. The van der Waals surface area contributed by atoms with Gasteiger partial charge in [-0.2, -0.15) is 0 Å². The topological polar surface area (TPSA) is 26.0 Å². The molecule has 0 aromatic heterocycles. The van der Waals surface area contributed by atoms with Crippen LogP contribution in [-0.4, -0.2) is 0 Å². The Morgan fingerprint density at radius 2 is 1.94 bits per heavy atom. The number of nitrogen functional groups attached to an aromatic ring is 1. The molecule has 16 heavy (non-hydrogen) atoms. The summed E-state index contributed by atoms with van der Waals surface area (Å²) in [6.45, 7) is 6.33. The van der Waals surface area contributed by atoms with E-state index in [1.54, 1.807) is 0 Å². The standard InChI is InChI=1S/C15H21N/c1-11-8-9-14(15(16)10-11)12(2)13-6-4-3-5-7-13/h8-10,13H,2-7,16H2,1H3. The van der Waals surface area contributed by atoms with E-state index in [-0.39, 0.29) is 0 Å². The molecule has 1 fully saturated rings. The predicted octanol–water partition coefficient (Wildman–Crippen LogP) is 4.17. The van der Waals surface area contributed by atoms with Crippen LogP contribution < -0.4 is 5.73 Å². The highest BCUT2D eigenvalue weighted by molar-refractivity contribution is 5.75. The van der Waals surface area contributed by atoms with Gasteiger partial charge in [0, 0.05) is 11.3 Å². The minimum Gasteiger partial charge on any atom is -0.398 e. The van der Waals surface area contributed by atoms with Crippen LogP contribution in [-0.2, 0) is 0 Å². The minimum atomic E-state index is 0.652. The highest BCUT2D eigenvalue weighted by Gasteiger charge is 2.18. The second kappa shape index (κ2) is 4.73. The average Bonchev–Trinajstić information content (AvgIpc) is 2.29. The SMILES string of the molecule is C=C(c1ccc(C)cc1N)C1CCCCC1. The molecule has 0 bridgehead atoms. The van der Waals surface area contributed by atoms with Crippen LogP contribution in [0.25, 0.3) is 5.57 Å². The maximum Gasteiger partial charge on any atom is 0.0392 e. The summed E-state index contributed by atoms with van der Waals surface area (Å²) in [6.07, 6.45) is 6.64. The minimum absolute atomic E-state index is 0.652. The van der Waals surface area contributed by atoms with Gasteiger partial charge in [0.05, 0.1) is 0 Å². The summed E-state index contributed by atoms with van der Waals surface area (Å²) in [5.41, 5.74) is 10.6. The van der Waals surface area contributed by atoms with Crippen LogP contribution in [0.4, 0.5) is 5.69 Å². The maximum absolute atomic E-state index is 6.07. The Morgan fingerprint density at radius 3 is 2.56 bits per heavy atom. The van der Waals surface area contributed by atoms with Crippen LogP contribution in [0, 0.1) is 12.8 Å². The summed E-state index contributed by atoms with van der Waals surface area (Å²) >= 11 is 0. The third kappa shape index (κ3) is 2.29. The summed E-state index contributed by atoms with van der Waals surface area (Å²) in [6, 6.07) is 6.30. The van der Waals surface area contributed by atoms with Gasteiger partial charge in [0.2, 0.25) is 0 Å². The van der Waals surface area contributed by atoms with E-state index in [1.807, 2.05) is 6.07 Å². The van der Waals surface area contributed by atoms with E-state index in [0.717, 1.165) is 11.3 Å². The number of hydrogen-bond acceptors (Lipinski definition) is 1. The highest BCUT2D eigenvalue weighted by Crippen LogP contribution is 2.36. The lowest BCUT2D eigenvalue weighted by atomic mass is 9.81. The first kappa shape index (κ1) is 11.3. The smallest absolute Gasteiger partial charge is 0.0392 e. The van der Waals surface area contributed by atoms with Gasteiger partial charge >= 0.3 is 0 Å². The third-order valence-corrected chi connectivity index (χ3v) is 3.65. The number of rotatable bonds is 2. The summed E-state index contributed by atoms with van der Waals surface area (Å²) in [4.78, 5) is 0. The Labute approximate surface area is 98.4 Å². The Morgan fingerprint density at radius 1 is 1.25 bits per heavy atom. The lowest BCUT2D eigenvalue weighted by molar-refractivity contribution is 0.430. The van der Waals surface area contributed by atoms with E-state index < -0.39 is 0 Å². The quantitative estimate of drug-likeness (QED) is 0.736. The molecule has 0 saturated heterocycles. The molecule has 0 spiro atoms. The van der Waals surface area contributed by atoms with Crippen molar-refractivity contribution in [2.24, 2.45) is 5.92 Å². The number of benzene rings is 1. The molecular formula is C15H21N. The molecule has 1 nitrogen and oxygen atoms in total. The molecule has 1 aromatic rings. The average molecular weight is 215 g/mol. The van der Waals surface area contributed by atoms with Crippen molar-refractivity contribution in [1.29, 1.82) is 0 Å². The molecule has 0 heterocycles. The number of aryl methyl sites for hydroxylation is 1. The van der Waals surface area contributed by atoms with E-state index >= 15 is 0 Å². The first-order valence-electron chi connectivity index (χ1n) is 6.24. The summed E-state index contributed by atoms with van der Waals surface area (Å²) in [7, 11) is 0. The molecule has 0 unspecified atom stereocenters. The first-order valence-corrected chi connectivity index (χ1v) is 6.24. The zero-order chi connectivity index (χ0) is 11.5. The van der Waals surface area contributed by atoms with Crippen molar-refractivity contribution in [2.75, 3.05) is 5.73 Å². The summed E-state index contributed by atoms with van der Waals surface area (Å²) < 4.78 is 0. The molecule has 1 aliphatic carbocycles. The van der Waals surface area contributed by atoms with Gasteiger partial charge in [0.15, 0.2) is 0 Å². The first-order chi connectivity index (χ1) is 7.68. The van der Waals surface area contributed by atoms with Gasteiger partial charge in [0.1, 0.15) is 0 Å². The molecule has 1 aliphatic rings. The van der Waals surface area contributed by atoms with Crippen molar-refractivity contribution in [3.05, 3.63) is 35.9 Å². The molecule has 0 radical (unpaired) electrons. The number of nitrogens with two attached hydrogens (primary N) is 1. The maximum atomic E-state index is 6.07. The van der Waals surface area contributed by atoms with Gasteiger partial charge < -0.3 is 5.73 Å². The molecular weight excluding hydrogens is 194 g/mol. The van der Waals surface area contributed by atoms with Crippen LogP contribution in [0.3, 0.4) is 0 Å². The number of hydrogen-bond donors (Lipinski definition) is 1. The third-order valence-electron chi connectivity index (χ3n) is 3.65. The van der Waals surface area contributed by atoms with E-state index in [1.165, 1.54) is 43.2 Å². The summed E-state index contributed by atoms with van der Waals surface area (Å²) in [5, 5.41) is 0. The van der Waals surface area contributed by atoms with E-state index in [2.05, 4.69) is 25.6 Å². The van der Waals surface area contributed by atoms with Gasteiger partial charge in [-0.25, -0.2) is 0 Å². The van der Waals surface area contributed by atoms with Crippen LogP contribution in [0.5, 0.6) is 0 Å². The molecule has 86 valence electrons. The van der Waals surface area contributed by atoms with Crippen molar-refractivity contribution < 1.29 is 0 Å². The number of anilines is 1.